The van der Waals surface area contributed by atoms with Gasteiger partial charge in [0.1, 0.15) is 6.07 Å². The number of aromatic nitrogens is 1. The molecule has 0 amide bonds. The Hall–Kier alpha value is -2.33. The number of benzene rings is 1. The molecule has 6 nitrogen and oxygen atoms in total. The Balaban J connectivity index is 1.86. The summed E-state index contributed by atoms with van der Waals surface area (Å²) in [5, 5.41) is 12.1. The van der Waals surface area contributed by atoms with Gasteiger partial charge in [-0.25, -0.2) is 8.42 Å². The van der Waals surface area contributed by atoms with Gasteiger partial charge < -0.3 is 9.73 Å². The Morgan fingerprint density at radius 1 is 1.33 bits per heavy atom. The van der Waals surface area contributed by atoms with Gasteiger partial charge >= 0.3 is 0 Å². The molecule has 1 atom stereocenters. The van der Waals surface area contributed by atoms with Crippen molar-refractivity contribution in [3.05, 3.63) is 36.0 Å². The summed E-state index contributed by atoms with van der Waals surface area (Å²) in [4.78, 5) is 4.14. The molecule has 1 fully saturated rings. The molecule has 1 aromatic heterocycles. The van der Waals surface area contributed by atoms with Gasteiger partial charge in [0, 0.05) is 11.6 Å². The first-order valence-electron chi connectivity index (χ1n) is 6.51. The highest BCUT2D eigenvalue weighted by Crippen LogP contribution is 2.27. The van der Waals surface area contributed by atoms with E-state index in [9.17, 15) is 8.42 Å². The third-order valence-electron chi connectivity index (χ3n) is 3.32. The number of hydrogen-bond acceptors (Lipinski definition) is 6. The molecular formula is C14H13N3O3S. The lowest BCUT2D eigenvalue weighted by Crippen LogP contribution is -2.20. The van der Waals surface area contributed by atoms with Crippen molar-refractivity contribution in [1.29, 1.82) is 5.26 Å². The molecule has 1 unspecified atom stereocenters. The highest BCUT2D eigenvalue weighted by atomic mass is 32.2. The highest BCUT2D eigenvalue weighted by Gasteiger charge is 2.29. The van der Waals surface area contributed by atoms with Crippen LogP contribution in [0.25, 0.3) is 11.5 Å². The Morgan fingerprint density at radius 2 is 2.10 bits per heavy atom. The van der Waals surface area contributed by atoms with Gasteiger partial charge in [-0.15, -0.1) is 0 Å². The van der Waals surface area contributed by atoms with Crippen LogP contribution in [-0.4, -0.2) is 30.9 Å². The van der Waals surface area contributed by atoms with Crippen LogP contribution in [0.5, 0.6) is 0 Å². The minimum atomic E-state index is -2.99. The second kappa shape index (κ2) is 5.22. The maximum atomic E-state index is 11.5. The Morgan fingerprint density at radius 3 is 2.71 bits per heavy atom. The summed E-state index contributed by atoms with van der Waals surface area (Å²) in [6, 6.07) is 11.0. The number of oxazole rings is 1. The quantitative estimate of drug-likeness (QED) is 0.929. The maximum Gasteiger partial charge on any atom is 0.232 e. The SMILES string of the molecule is N#Cc1nc(-c2ccccc2)oc1NC1CCS(=O)(=O)C1. The van der Waals surface area contributed by atoms with E-state index in [0.717, 1.165) is 5.56 Å². The number of rotatable bonds is 3. The summed E-state index contributed by atoms with van der Waals surface area (Å²) in [5.41, 5.74) is 0.902. The van der Waals surface area contributed by atoms with Gasteiger partial charge in [0.05, 0.1) is 11.5 Å². The number of hydrogen-bond donors (Lipinski definition) is 1. The largest absolute Gasteiger partial charge is 0.419 e. The summed E-state index contributed by atoms with van der Waals surface area (Å²) in [6.07, 6.45) is 0.509. The van der Waals surface area contributed by atoms with Gasteiger partial charge in [-0.3, -0.25) is 0 Å². The van der Waals surface area contributed by atoms with Crippen molar-refractivity contribution >= 4 is 15.7 Å². The predicted molar refractivity (Wildman–Crippen MR) is 77.3 cm³/mol. The molecule has 1 aromatic carbocycles. The zero-order chi connectivity index (χ0) is 14.9. The molecule has 0 aliphatic carbocycles. The summed E-state index contributed by atoms with van der Waals surface area (Å²) < 4.78 is 28.5. The lowest BCUT2D eigenvalue weighted by atomic mass is 10.2. The zero-order valence-electron chi connectivity index (χ0n) is 11.1. The van der Waals surface area contributed by atoms with Crippen molar-refractivity contribution in [1.82, 2.24) is 4.98 Å². The fourth-order valence-electron chi connectivity index (χ4n) is 2.29. The van der Waals surface area contributed by atoms with Crippen LogP contribution >= 0.6 is 0 Å². The van der Waals surface area contributed by atoms with Gasteiger partial charge in [0.15, 0.2) is 9.84 Å². The van der Waals surface area contributed by atoms with E-state index in [4.69, 9.17) is 9.68 Å². The van der Waals surface area contributed by atoms with Gasteiger partial charge in [-0.1, -0.05) is 18.2 Å². The van der Waals surface area contributed by atoms with Crippen molar-refractivity contribution in [2.24, 2.45) is 0 Å². The van der Waals surface area contributed by atoms with Gasteiger partial charge in [-0.2, -0.15) is 10.2 Å². The van der Waals surface area contributed by atoms with Crippen LogP contribution in [0.4, 0.5) is 5.88 Å². The lowest BCUT2D eigenvalue weighted by Gasteiger charge is -2.08. The molecule has 1 saturated heterocycles. The zero-order valence-corrected chi connectivity index (χ0v) is 11.9. The van der Waals surface area contributed by atoms with Gasteiger partial charge in [0.2, 0.25) is 17.5 Å². The minimum Gasteiger partial charge on any atom is -0.419 e. The molecule has 21 heavy (non-hydrogen) atoms. The number of sulfone groups is 1. The van der Waals surface area contributed by atoms with E-state index in [-0.39, 0.29) is 29.1 Å². The van der Waals surface area contributed by atoms with Crippen molar-refractivity contribution in [2.75, 3.05) is 16.8 Å². The molecule has 108 valence electrons. The molecule has 2 aromatic rings. The van der Waals surface area contributed by atoms with Crippen LogP contribution < -0.4 is 5.32 Å². The van der Waals surface area contributed by atoms with Crippen LogP contribution in [0.15, 0.2) is 34.7 Å². The fourth-order valence-corrected chi connectivity index (χ4v) is 3.97. The minimum absolute atomic E-state index is 0.0548. The molecule has 1 aliphatic heterocycles. The van der Waals surface area contributed by atoms with Gasteiger partial charge in [-0.05, 0) is 18.6 Å². The van der Waals surface area contributed by atoms with Crippen LogP contribution in [0.2, 0.25) is 0 Å². The van der Waals surface area contributed by atoms with Crippen LogP contribution in [0.3, 0.4) is 0 Å². The van der Waals surface area contributed by atoms with E-state index in [0.29, 0.717) is 12.3 Å². The van der Waals surface area contributed by atoms with Crippen molar-refractivity contribution in [2.45, 2.75) is 12.5 Å². The van der Waals surface area contributed by atoms with E-state index in [2.05, 4.69) is 10.3 Å². The first-order chi connectivity index (χ1) is 10.1. The third-order valence-corrected chi connectivity index (χ3v) is 5.09. The normalized spacial score (nSPS) is 20.0. The summed E-state index contributed by atoms with van der Waals surface area (Å²) >= 11 is 0. The first kappa shape index (κ1) is 13.6. The molecule has 7 heteroatoms. The maximum absolute atomic E-state index is 11.5. The van der Waals surface area contributed by atoms with E-state index in [1.807, 2.05) is 36.4 Å². The lowest BCUT2D eigenvalue weighted by molar-refractivity contribution is 0.575. The average molecular weight is 303 g/mol. The molecule has 0 saturated carbocycles. The Kier molecular flexibility index (Phi) is 3.39. The van der Waals surface area contributed by atoms with Crippen LogP contribution in [-0.2, 0) is 9.84 Å². The second-order valence-corrected chi connectivity index (χ2v) is 7.15. The smallest absolute Gasteiger partial charge is 0.232 e. The van der Waals surface area contributed by atoms with Crippen LogP contribution in [0, 0.1) is 11.3 Å². The highest BCUT2D eigenvalue weighted by molar-refractivity contribution is 7.91. The summed E-state index contributed by atoms with van der Waals surface area (Å²) in [5.74, 6) is 0.792. The van der Waals surface area contributed by atoms with E-state index < -0.39 is 9.84 Å². The molecule has 0 spiro atoms. The number of nitrogens with zero attached hydrogens (tertiary/aromatic N) is 2. The Labute approximate surface area is 122 Å². The third kappa shape index (κ3) is 2.90. The van der Waals surface area contributed by atoms with Crippen LogP contribution in [0.1, 0.15) is 12.1 Å². The Bertz CT molecular complexity index is 791. The average Bonchev–Trinajstić information content (AvgIpc) is 3.03. The predicted octanol–water partition coefficient (Wildman–Crippen LogP) is 1.81. The first-order valence-corrected chi connectivity index (χ1v) is 8.33. The van der Waals surface area contributed by atoms with E-state index in [1.165, 1.54) is 0 Å². The molecule has 3 rings (SSSR count). The molecular weight excluding hydrogens is 290 g/mol. The standard InChI is InChI=1S/C14H13N3O3S/c15-8-12-14(16-11-6-7-21(18,19)9-11)20-13(17-12)10-4-2-1-3-5-10/h1-5,11,16H,6-7,9H2. The topological polar surface area (TPSA) is 96.0 Å². The monoisotopic (exact) mass is 303 g/mol. The summed E-state index contributed by atoms with van der Waals surface area (Å²) in [7, 11) is -2.99. The molecule has 1 N–H and O–H groups in total. The molecule has 0 bridgehead atoms. The molecule has 0 radical (unpaired) electrons. The fraction of sp³-hybridized carbons (Fsp3) is 0.286. The number of anilines is 1. The molecule has 1 aliphatic rings. The number of nitrogens with one attached hydrogen (secondary N) is 1. The summed E-state index contributed by atoms with van der Waals surface area (Å²) in [6.45, 7) is 0. The van der Waals surface area contributed by atoms with Gasteiger partial charge in [0.25, 0.3) is 0 Å². The van der Waals surface area contributed by atoms with Crippen molar-refractivity contribution < 1.29 is 12.8 Å². The van der Waals surface area contributed by atoms with E-state index in [1.54, 1.807) is 0 Å². The number of nitriles is 1. The van der Waals surface area contributed by atoms with Crippen molar-refractivity contribution in [3.63, 3.8) is 0 Å². The van der Waals surface area contributed by atoms with E-state index >= 15 is 0 Å². The van der Waals surface area contributed by atoms with Crippen molar-refractivity contribution in [3.8, 4) is 17.5 Å². The second-order valence-electron chi connectivity index (χ2n) is 4.92. The molecule has 2 heterocycles.